The first-order valence-corrected chi connectivity index (χ1v) is 11.8. The number of nitrogens with zero attached hydrogens (tertiary/aromatic N) is 3. The van der Waals surface area contributed by atoms with E-state index in [1.165, 1.54) is 22.5 Å². The summed E-state index contributed by atoms with van der Waals surface area (Å²) in [5.41, 5.74) is 2.62. The fourth-order valence-corrected chi connectivity index (χ4v) is 5.96. The monoisotopic (exact) mass is 477 g/mol. The summed E-state index contributed by atoms with van der Waals surface area (Å²) in [6, 6.07) is 9.85. The normalized spacial score (nSPS) is 19.0. The van der Waals surface area contributed by atoms with Gasteiger partial charge in [-0.2, -0.15) is 22.6 Å². The number of piperidine rings is 1. The van der Waals surface area contributed by atoms with Gasteiger partial charge in [0.05, 0.1) is 28.0 Å². The molecule has 0 N–H and O–H groups in total. The molecular formula is C23H19F4N3O2S. The summed E-state index contributed by atoms with van der Waals surface area (Å²) in [6.07, 6.45) is 0.127. The molecule has 2 aliphatic rings. The van der Waals surface area contributed by atoms with Crippen molar-refractivity contribution in [1.29, 1.82) is 0 Å². The summed E-state index contributed by atoms with van der Waals surface area (Å²) in [6.45, 7) is 0.368. The topological polar surface area (TPSA) is 55.2 Å². The molecule has 2 heterocycles. The van der Waals surface area contributed by atoms with Crippen LogP contribution in [-0.2, 0) is 22.6 Å². The Balaban J connectivity index is 1.40. The van der Waals surface area contributed by atoms with E-state index < -0.39 is 21.8 Å². The Morgan fingerprint density at radius 1 is 1.06 bits per heavy atom. The van der Waals surface area contributed by atoms with Crippen LogP contribution >= 0.6 is 0 Å². The van der Waals surface area contributed by atoms with Gasteiger partial charge >= 0.3 is 6.18 Å². The molecule has 0 bridgehead atoms. The van der Waals surface area contributed by atoms with Gasteiger partial charge in [-0.15, -0.1) is 0 Å². The lowest BCUT2D eigenvalue weighted by Crippen LogP contribution is -2.42. The number of fused-ring (bicyclic) bond motifs is 2. The smallest absolute Gasteiger partial charge is 0.233 e. The SMILES string of the molecule is O=S(=O)(c1cccc(C(F)(F)F)c1)N1CCC2=Cc3c(cnn3-c3ccc(F)cc3)CC2C1. The number of hydrogen-bond donors (Lipinski definition) is 0. The maximum absolute atomic E-state index is 13.3. The minimum atomic E-state index is -4.62. The molecule has 3 aromatic rings. The van der Waals surface area contributed by atoms with Crippen molar-refractivity contribution in [1.82, 2.24) is 14.1 Å². The van der Waals surface area contributed by atoms with Gasteiger partial charge < -0.3 is 0 Å². The molecule has 0 radical (unpaired) electrons. The molecule has 1 atom stereocenters. The number of hydrogen-bond acceptors (Lipinski definition) is 3. The van der Waals surface area contributed by atoms with Crippen molar-refractivity contribution < 1.29 is 26.0 Å². The second-order valence-electron chi connectivity index (χ2n) is 8.20. The van der Waals surface area contributed by atoms with E-state index in [2.05, 4.69) is 5.10 Å². The molecule has 1 fully saturated rings. The third kappa shape index (κ3) is 3.97. The lowest BCUT2D eigenvalue weighted by atomic mass is 9.83. The van der Waals surface area contributed by atoms with Crippen LogP contribution in [0.15, 0.2) is 65.2 Å². The first-order chi connectivity index (χ1) is 15.6. The highest BCUT2D eigenvalue weighted by Gasteiger charge is 2.37. The van der Waals surface area contributed by atoms with Crippen molar-refractivity contribution in [2.75, 3.05) is 13.1 Å². The van der Waals surface area contributed by atoms with Gasteiger partial charge in [0.15, 0.2) is 0 Å². The highest BCUT2D eigenvalue weighted by molar-refractivity contribution is 7.89. The molecule has 172 valence electrons. The molecule has 10 heteroatoms. The van der Waals surface area contributed by atoms with Gasteiger partial charge in [-0.25, -0.2) is 17.5 Å². The Hall–Kier alpha value is -2.98. The van der Waals surface area contributed by atoms with Gasteiger partial charge in [-0.05, 0) is 72.9 Å². The average molecular weight is 477 g/mol. The summed E-state index contributed by atoms with van der Waals surface area (Å²) < 4.78 is 81.6. The number of halogens is 4. The van der Waals surface area contributed by atoms with E-state index in [1.54, 1.807) is 23.0 Å². The highest BCUT2D eigenvalue weighted by Crippen LogP contribution is 2.37. The molecule has 1 aliphatic heterocycles. The van der Waals surface area contributed by atoms with Gasteiger partial charge in [0.2, 0.25) is 10.0 Å². The highest BCUT2D eigenvalue weighted by atomic mass is 32.2. The molecular weight excluding hydrogens is 458 g/mol. The van der Waals surface area contributed by atoms with Crippen LogP contribution in [0.3, 0.4) is 0 Å². The summed E-state index contributed by atoms with van der Waals surface area (Å²) >= 11 is 0. The van der Waals surface area contributed by atoms with Gasteiger partial charge in [0, 0.05) is 13.1 Å². The number of alkyl halides is 3. The van der Waals surface area contributed by atoms with Crippen molar-refractivity contribution in [3.63, 3.8) is 0 Å². The molecule has 1 aliphatic carbocycles. The van der Waals surface area contributed by atoms with Crippen molar-refractivity contribution >= 4 is 16.1 Å². The fourth-order valence-electron chi connectivity index (χ4n) is 4.43. The zero-order chi connectivity index (χ0) is 23.4. The Morgan fingerprint density at radius 2 is 1.82 bits per heavy atom. The minimum absolute atomic E-state index is 0.0855. The average Bonchev–Trinajstić information content (AvgIpc) is 3.20. The van der Waals surface area contributed by atoms with Crippen LogP contribution in [-0.4, -0.2) is 35.6 Å². The molecule has 1 aromatic heterocycles. The Bertz CT molecular complexity index is 1340. The van der Waals surface area contributed by atoms with Crippen LogP contribution in [0.25, 0.3) is 11.8 Å². The Morgan fingerprint density at radius 3 is 2.55 bits per heavy atom. The van der Waals surface area contributed by atoms with E-state index in [0.29, 0.717) is 18.9 Å². The molecule has 1 saturated heterocycles. The van der Waals surface area contributed by atoms with Gasteiger partial charge in [0.25, 0.3) is 0 Å². The molecule has 0 saturated carbocycles. The zero-order valence-corrected chi connectivity index (χ0v) is 18.1. The van der Waals surface area contributed by atoms with Crippen molar-refractivity contribution in [3.05, 3.63) is 82.9 Å². The molecule has 33 heavy (non-hydrogen) atoms. The first-order valence-electron chi connectivity index (χ1n) is 10.3. The molecule has 5 rings (SSSR count). The quantitative estimate of drug-likeness (QED) is 0.515. The van der Waals surface area contributed by atoms with E-state index in [0.717, 1.165) is 34.7 Å². The van der Waals surface area contributed by atoms with Crippen LogP contribution in [0.2, 0.25) is 0 Å². The standard InChI is InChI=1S/C23H19F4N3O2S/c24-19-4-6-20(7-5-19)30-22-11-15-8-9-29(14-17(15)10-16(22)13-28-30)33(31,32)21-3-1-2-18(12-21)23(25,26)27/h1-7,11-13,17H,8-10,14H2. The van der Waals surface area contributed by atoms with E-state index in [4.69, 9.17) is 0 Å². The lowest BCUT2D eigenvalue weighted by molar-refractivity contribution is -0.137. The van der Waals surface area contributed by atoms with Gasteiger partial charge in [-0.3, -0.25) is 0 Å². The summed E-state index contributed by atoms with van der Waals surface area (Å²) in [4.78, 5) is -0.356. The van der Waals surface area contributed by atoms with Crippen LogP contribution in [0.1, 0.15) is 23.2 Å². The molecule has 0 spiro atoms. The second kappa shape index (κ2) is 7.81. The Labute approximate surface area is 188 Å². The van der Waals surface area contributed by atoms with E-state index in [-0.39, 0.29) is 29.7 Å². The summed E-state index contributed by atoms with van der Waals surface area (Å²) in [5.74, 6) is -0.426. The van der Waals surface area contributed by atoms with E-state index in [9.17, 15) is 26.0 Å². The van der Waals surface area contributed by atoms with E-state index >= 15 is 0 Å². The Kier molecular flexibility index (Phi) is 5.17. The molecule has 5 nitrogen and oxygen atoms in total. The van der Waals surface area contributed by atoms with Crippen LogP contribution in [0, 0.1) is 11.7 Å². The molecule has 2 aromatic carbocycles. The maximum atomic E-state index is 13.3. The second-order valence-corrected chi connectivity index (χ2v) is 10.1. The van der Waals surface area contributed by atoms with Crippen molar-refractivity contribution in [3.8, 4) is 5.69 Å². The zero-order valence-electron chi connectivity index (χ0n) is 17.3. The van der Waals surface area contributed by atoms with Crippen LogP contribution < -0.4 is 0 Å². The van der Waals surface area contributed by atoms with Crippen molar-refractivity contribution in [2.45, 2.75) is 23.9 Å². The lowest BCUT2D eigenvalue weighted by Gasteiger charge is -2.36. The van der Waals surface area contributed by atoms with Crippen LogP contribution in [0.5, 0.6) is 0 Å². The maximum Gasteiger partial charge on any atom is 0.416 e. The van der Waals surface area contributed by atoms with Gasteiger partial charge in [0.1, 0.15) is 5.82 Å². The number of sulfonamides is 1. The number of aromatic nitrogens is 2. The summed E-state index contributed by atoms with van der Waals surface area (Å²) in [7, 11) is -4.06. The number of benzene rings is 2. The van der Waals surface area contributed by atoms with Crippen LogP contribution in [0.4, 0.5) is 17.6 Å². The van der Waals surface area contributed by atoms with Gasteiger partial charge in [-0.1, -0.05) is 11.6 Å². The number of rotatable bonds is 3. The predicted octanol–water partition coefficient (Wildman–Crippen LogP) is 4.68. The summed E-state index contributed by atoms with van der Waals surface area (Å²) in [5, 5.41) is 4.41. The molecule has 1 unspecified atom stereocenters. The molecule has 0 amide bonds. The predicted molar refractivity (Wildman–Crippen MR) is 114 cm³/mol. The fraction of sp³-hybridized carbons (Fsp3) is 0.261. The largest absolute Gasteiger partial charge is 0.416 e. The van der Waals surface area contributed by atoms with E-state index in [1.807, 2.05) is 6.08 Å². The third-order valence-electron chi connectivity index (χ3n) is 6.14. The van der Waals surface area contributed by atoms with Crippen molar-refractivity contribution in [2.24, 2.45) is 5.92 Å². The third-order valence-corrected chi connectivity index (χ3v) is 8.00. The first kappa shape index (κ1) is 21.8. The minimum Gasteiger partial charge on any atom is -0.233 e.